The first-order valence-electron chi connectivity index (χ1n) is 7.91. The van der Waals surface area contributed by atoms with E-state index >= 15 is 0 Å². The molecular weight excluding hydrogens is 325 g/mol. The van der Waals surface area contributed by atoms with Crippen LogP contribution in [0.2, 0.25) is 0 Å². The average Bonchev–Trinajstić information content (AvgIpc) is 2.58. The highest BCUT2D eigenvalue weighted by Crippen LogP contribution is 2.19. The van der Waals surface area contributed by atoms with Gasteiger partial charge in [0.05, 0.1) is 12.2 Å². The van der Waals surface area contributed by atoms with Crippen LogP contribution in [0.15, 0.2) is 42.5 Å². The maximum absolute atomic E-state index is 12.9. The number of nitrogens with one attached hydrogen (secondary N) is 1. The summed E-state index contributed by atoms with van der Waals surface area (Å²) in [5.74, 6) is -0.729. The third-order valence-electron chi connectivity index (χ3n) is 3.49. The van der Waals surface area contributed by atoms with Crippen LogP contribution in [0.3, 0.4) is 0 Å². The molecule has 0 aliphatic heterocycles. The highest BCUT2D eigenvalue weighted by Gasteiger charge is 2.16. The lowest BCUT2D eigenvalue weighted by Gasteiger charge is -2.16. The van der Waals surface area contributed by atoms with Crippen molar-refractivity contribution in [1.29, 1.82) is 0 Å². The van der Waals surface area contributed by atoms with Gasteiger partial charge in [0.1, 0.15) is 11.6 Å². The first kappa shape index (κ1) is 18.4. The normalized spacial score (nSPS) is 11.5. The number of amides is 1. The summed E-state index contributed by atoms with van der Waals surface area (Å²) in [6, 6.07) is 10.3. The molecule has 1 N–H and O–H groups in total. The summed E-state index contributed by atoms with van der Waals surface area (Å²) in [5, 5.41) is 2.75. The van der Waals surface area contributed by atoms with Gasteiger partial charge in [-0.3, -0.25) is 4.79 Å². The molecule has 1 unspecified atom stereocenters. The van der Waals surface area contributed by atoms with Gasteiger partial charge >= 0.3 is 5.97 Å². The quantitative estimate of drug-likeness (QED) is 0.811. The van der Waals surface area contributed by atoms with Gasteiger partial charge in [-0.1, -0.05) is 0 Å². The Bertz CT molecular complexity index is 759. The number of ether oxygens (including phenoxy) is 2. The van der Waals surface area contributed by atoms with Crippen LogP contribution in [-0.2, 0) is 9.53 Å². The lowest BCUT2D eigenvalue weighted by Crippen LogP contribution is -2.30. The summed E-state index contributed by atoms with van der Waals surface area (Å²) in [6.45, 7) is 5.42. The first-order chi connectivity index (χ1) is 11.9. The molecule has 0 fully saturated rings. The number of rotatable bonds is 6. The Hall–Kier alpha value is -2.89. The molecule has 0 aliphatic rings. The Morgan fingerprint density at radius 1 is 1.16 bits per heavy atom. The Morgan fingerprint density at radius 3 is 2.44 bits per heavy atom. The van der Waals surface area contributed by atoms with E-state index in [0.29, 0.717) is 23.6 Å². The van der Waals surface area contributed by atoms with Gasteiger partial charge in [-0.2, -0.15) is 0 Å². The van der Waals surface area contributed by atoms with E-state index in [-0.39, 0.29) is 11.7 Å². The molecule has 5 nitrogen and oxygen atoms in total. The molecule has 132 valence electrons. The van der Waals surface area contributed by atoms with Crippen LogP contribution >= 0.6 is 0 Å². The molecule has 0 bridgehead atoms. The lowest BCUT2D eigenvalue weighted by molar-refractivity contribution is -0.122. The minimum Gasteiger partial charge on any atom is -0.481 e. The predicted molar refractivity (Wildman–Crippen MR) is 92.3 cm³/mol. The van der Waals surface area contributed by atoms with Crippen molar-refractivity contribution in [1.82, 2.24) is 0 Å². The molecule has 0 radical (unpaired) electrons. The summed E-state index contributed by atoms with van der Waals surface area (Å²) < 4.78 is 23.3. The van der Waals surface area contributed by atoms with Crippen molar-refractivity contribution in [2.75, 3.05) is 11.9 Å². The SMILES string of the molecule is CCOC(=O)c1ccc(NC(=O)C(C)Oc2ccc(F)cc2)c(C)c1. The summed E-state index contributed by atoms with van der Waals surface area (Å²) >= 11 is 0. The smallest absolute Gasteiger partial charge is 0.338 e. The van der Waals surface area contributed by atoms with Crippen molar-refractivity contribution in [3.63, 3.8) is 0 Å². The first-order valence-corrected chi connectivity index (χ1v) is 7.91. The van der Waals surface area contributed by atoms with Crippen LogP contribution in [-0.4, -0.2) is 24.6 Å². The number of anilines is 1. The summed E-state index contributed by atoms with van der Waals surface area (Å²) in [7, 11) is 0. The van der Waals surface area contributed by atoms with Crippen LogP contribution in [0.4, 0.5) is 10.1 Å². The van der Waals surface area contributed by atoms with Gasteiger partial charge in [-0.25, -0.2) is 9.18 Å². The molecule has 1 amide bonds. The molecule has 2 rings (SSSR count). The second-order valence-corrected chi connectivity index (χ2v) is 5.45. The number of halogens is 1. The van der Waals surface area contributed by atoms with Crippen LogP contribution in [0.1, 0.15) is 29.8 Å². The van der Waals surface area contributed by atoms with E-state index in [9.17, 15) is 14.0 Å². The molecule has 0 aliphatic carbocycles. The lowest BCUT2D eigenvalue weighted by atomic mass is 10.1. The van der Waals surface area contributed by atoms with Crippen LogP contribution in [0, 0.1) is 12.7 Å². The molecule has 1 atom stereocenters. The highest BCUT2D eigenvalue weighted by atomic mass is 19.1. The van der Waals surface area contributed by atoms with Gasteiger partial charge < -0.3 is 14.8 Å². The summed E-state index contributed by atoms with van der Waals surface area (Å²) in [6.07, 6.45) is -0.769. The number of benzene rings is 2. The fraction of sp³-hybridized carbons (Fsp3) is 0.263. The predicted octanol–water partition coefficient (Wildman–Crippen LogP) is 3.72. The second-order valence-electron chi connectivity index (χ2n) is 5.45. The maximum atomic E-state index is 12.9. The van der Waals surface area contributed by atoms with Crippen molar-refractivity contribution >= 4 is 17.6 Å². The molecular formula is C19H20FNO4. The fourth-order valence-electron chi connectivity index (χ4n) is 2.15. The van der Waals surface area contributed by atoms with Crippen molar-refractivity contribution in [2.24, 2.45) is 0 Å². The topological polar surface area (TPSA) is 64.6 Å². The van der Waals surface area contributed by atoms with E-state index in [0.717, 1.165) is 5.56 Å². The molecule has 6 heteroatoms. The molecule has 0 saturated carbocycles. The van der Waals surface area contributed by atoms with Crippen LogP contribution < -0.4 is 10.1 Å². The van der Waals surface area contributed by atoms with Crippen molar-refractivity contribution in [3.05, 3.63) is 59.4 Å². The molecule has 2 aromatic rings. The molecule has 2 aromatic carbocycles. The number of hydrogen-bond donors (Lipinski definition) is 1. The Morgan fingerprint density at radius 2 is 1.84 bits per heavy atom. The largest absolute Gasteiger partial charge is 0.481 e. The zero-order valence-electron chi connectivity index (χ0n) is 14.3. The molecule has 0 aromatic heterocycles. The Balaban J connectivity index is 2.01. The average molecular weight is 345 g/mol. The van der Waals surface area contributed by atoms with E-state index in [1.54, 1.807) is 39.0 Å². The molecule has 0 heterocycles. The van der Waals surface area contributed by atoms with Gasteiger partial charge in [0.2, 0.25) is 0 Å². The zero-order valence-corrected chi connectivity index (χ0v) is 14.3. The summed E-state index contributed by atoms with van der Waals surface area (Å²) in [4.78, 5) is 24.0. The minimum atomic E-state index is -0.769. The van der Waals surface area contributed by atoms with E-state index in [1.807, 2.05) is 0 Å². The number of carbonyl (C=O) groups excluding carboxylic acids is 2. The van der Waals surface area contributed by atoms with E-state index < -0.39 is 12.1 Å². The monoisotopic (exact) mass is 345 g/mol. The van der Waals surface area contributed by atoms with E-state index in [2.05, 4.69) is 5.32 Å². The number of hydrogen-bond acceptors (Lipinski definition) is 4. The van der Waals surface area contributed by atoms with Gasteiger partial charge in [0.25, 0.3) is 5.91 Å². The maximum Gasteiger partial charge on any atom is 0.338 e. The van der Waals surface area contributed by atoms with Crippen molar-refractivity contribution in [3.8, 4) is 5.75 Å². The van der Waals surface area contributed by atoms with Crippen LogP contribution in [0.25, 0.3) is 0 Å². The third kappa shape index (κ3) is 5.04. The van der Waals surface area contributed by atoms with Gasteiger partial charge in [-0.05, 0) is 68.8 Å². The third-order valence-corrected chi connectivity index (χ3v) is 3.49. The fourth-order valence-corrected chi connectivity index (χ4v) is 2.15. The van der Waals surface area contributed by atoms with Crippen LogP contribution in [0.5, 0.6) is 5.75 Å². The molecule has 0 spiro atoms. The van der Waals surface area contributed by atoms with Gasteiger partial charge in [0.15, 0.2) is 6.10 Å². The molecule has 25 heavy (non-hydrogen) atoms. The zero-order chi connectivity index (χ0) is 18.4. The number of esters is 1. The van der Waals surface area contributed by atoms with Gasteiger partial charge in [0, 0.05) is 5.69 Å². The number of carbonyl (C=O) groups is 2. The molecule has 0 saturated heterocycles. The van der Waals surface area contributed by atoms with Crippen molar-refractivity contribution in [2.45, 2.75) is 26.9 Å². The standard InChI is InChI=1S/C19H20FNO4/c1-4-24-19(23)14-5-10-17(12(2)11-14)21-18(22)13(3)25-16-8-6-15(20)7-9-16/h5-11,13H,4H2,1-3H3,(H,21,22). The van der Waals surface area contributed by atoms with E-state index in [1.165, 1.54) is 24.3 Å². The van der Waals surface area contributed by atoms with E-state index in [4.69, 9.17) is 9.47 Å². The Kier molecular flexibility index (Phi) is 6.11. The minimum absolute atomic E-state index is 0.300. The van der Waals surface area contributed by atoms with Crippen molar-refractivity contribution < 1.29 is 23.5 Å². The summed E-state index contributed by atoms with van der Waals surface area (Å²) in [5.41, 5.74) is 1.73. The Labute approximate surface area is 145 Å². The number of aryl methyl sites for hydroxylation is 1. The second kappa shape index (κ2) is 8.28. The van der Waals surface area contributed by atoms with Gasteiger partial charge in [-0.15, -0.1) is 0 Å². The highest BCUT2D eigenvalue weighted by molar-refractivity contribution is 5.96.